The van der Waals surface area contributed by atoms with Crippen LogP contribution in [0.2, 0.25) is 13.1 Å². The zero-order chi connectivity index (χ0) is 12.1. The van der Waals surface area contributed by atoms with E-state index < -0.39 is 8.96 Å². The number of hydrogen-bond donors (Lipinski definition) is 1. The zero-order valence-electron chi connectivity index (χ0n) is 10.6. The minimum atomic E-state index is -1.01. The van der Waals surface area contributed by atoms with Crippen LogP contribution in [0.3, 0.4) is 0 Å². The average Bonchev–Trinajstić information content (AvgIpc) is 2.09. The van der Waals surface area contributed by atoms with Gasteiger partial charge in [0.15, 0.2) is 0 Å². The topological polar surface area (TPSA) is 47.6 Å². The molecule has 0 rings (SSSR count). The van der Waals surface area contributed by atoms with Crippen molar-refractivity contribution in [3.63, 3.8) is 0 Å². The number of carbonyl (C=O) groups is 1. The predicted octanol–water partition coefficient (Wildman–Crippen LogP) is 0.916. The fraction of sp³-hybridized carbons (Fsp3) is 0.900. The molecule has 0 saturated carbocycles. The fourth-order valence-corrected chi connectivity index (χ4v) is 2.10. The maximum Gasteiger partial charge on any atom is 0.324 e. The van der Waals surface area contributed by atoms with Crippen molar-refractivity contribution in [1.82, 2.24) is 4.98 Å². The predicted molar refractivity (Wildman–Crippen MR) is 63.5 cm³/mol. The summed E-state index contributed by atoms with van der Waals surface area (Å²) in [5.74, 6) is -0.250. The van der Waals surface area contributed by atoms with Crippen LogP contribution >= 0.6 is 0 Å². The molecule has 4 nitrogen and oxygen atoms in total. The van der Waals surface area contributed by atoms with E-state index in [4.69, 9.17) is 9.47 Å². The Labute approximate surface area is 94.0 Å². The van der Waals surface area contributed by atoms with Gasteiger partial charge in [-0.3, -0.25) is 4.79 Å². The maximum atomic E-state index is 11.4. The van der Waals surface area contributed by atoms with Gasteiger partial charge in [0.2, 0.25) is 0 Å². The van der Waals surface area contributed by atoms with Crippen molar-refractivity contribution < 1.29 is 14.3 Å². The number of methoxy groups -OCH3 is 1. The molecule has 5 heteroatoms. The molecule has 0 aromatic rings. The molecule has 0 amide bonds. The lowest BCUT2D eigenvalue weighted by Gasteiger charge is -2.24. The summed E-state index contributed by atoms with van der Waals surface area (Å²) in [6.45, 7) is 10.5. The van der Waals surface area contributed by atoms with E-state index in [9.17, 15) is 4.79 Å². The van der Waals surface area contributed by atoms with Crippen LogP contribution in [0.5, 0.6) is 0 Å². The van der Waals surface area contributed by atoms with Crippen LogP contribution < -0.4 is 4.98 Å². The lowest BCUT2D eigenvalue weighted by Crippen LogP contribution is -2.48. The number of rotatable bonds is 5. The third-order valence-corrected chi connectivity index (χ3v) is 2.77. The lowest BCUT2D eigenvalue weighted by atomic mass is 10.2. The Bertz CT molecular complexity index is 201. The summed E-state index contributed by atoms with van der Waals surface area (Å²) < 4.78 is 10.3. The normalized spacial score (nSPS) is 14.1. The summed E-state index contributed by atoms with van der Waals surface area (Å²) in [6, 6.07) is -0.333. The number of hydrogen-bond acceptors (Lipinski definition) is 4. The average molecular weight is 233 g/mol. The van der Waals surface area contributed by atoms with Crippen LogP contribution in [-0.4, -0.2) is 40.3 Å². The summed E-state index contributed by atoms with van der Waals surface area (Å²) in [5.41, 5.74) is -0.230. The van der Waals surface area contributed by atoms with Crippen LogP contribution in [-0.2, 0) is 14.3 Å². The Hall–Kier alpha value is -0.393. The largest absolute Gasteiger partial charge is 0.468 e. The van der Waals surface area contributed by atoms with E-state index in [0.29, 0.717) is 6.61 Å². The molecule has 0 bridgehead atoms. The molecule has 0 aliphatic heterocycles. The SMILES string of the molecule is COC(=O)[C@H](COC(C)(C)C)N[SiH](C)C. The van der Waals surface area contributed by atoms with Crippen LogP contribution in [0.1, 0.15) is 20.8 Å². The monoisotopic (exact) mass is 233 g/mol. The first kappa shape index (κ1) is 14.6. The van der Waals surface area contributed by atoms with Gasteiger partial charge in [0.05, 0.1) is 19.3 Å². The standard InChI is InChI=1S/C10H23NO3Si/c1-10(2,3)14-7-8(9(12)13-4)11-15(5)6/h8,11,15H,7H2,1-6H3/t8-/m0/s1. The highest BCUT2D eigenvalue weighted by Crippen LogP contribution is 2.07. The summed E-state index contributed by atoms with van der Waals surface area (Å²) in [7, 11) is 0.384. The minimum absolute atomic E-state index is 0.230. The van der Waals surface area contributed by atoms with Gasteiger partial charge in [-0.2, -0.15) is 0 Å². The Morgan fingerprint density at radius 2 is 1.93 bits per heavy atom. The van der Waals surface area contributed by atoms with Crippen LogP contribution in [0.15, 0.2) is 0 Å². The Balaban J connectivity index is 4.19. The van der Waals surface area contributed by atoms with Gasteiger partial charge in [0, 0.05) is 0 Å². The number of nitrogens with one attached hydrogen (secondary N) is 1. The van der Waals surface area contributed by atoms with Gasteiger partial charge in [-0.25, -0.2) is 0 Å². The fourth-order valence-electron chi connectivity index (χ4n) is 1.06. The van der Waals surface area contributed by atoms with E-state index in [0.717, 1.165) is 0 Å². The van der Waals surface area contributed by atoms with Crippen LogP contribution in [0, 0.1) is 0 Å². The highest BCUT2D eigenvalue weighted by Gasteiger charge is 2.22. The molecular weight excluding hydrogens is 210 g/mol. The van der Waals surface area contributed by atoms with Gasteiger partial charge < -0.3 is 14.5 Å². The van der Waals surface area contributed by atoms with Gasteiger partial charge >= 0.3 is 5.97 Å². The smallest absolute Gasteiger partial charge is 0.324 e. The van der Waals surface area contributed by atoms with E-state index in [1.807, 2.05) is 20.8 Å². The molecule has 0 radical (unpaired) electrons. The molecule has 0 fully saturated rings. The molecule has 0 aromatic heterocycles. The van der Waals surface area contributed by atoms with Crippen molar-refractivity contribution in [3.8, 4) is 0 Å². The molecule has 0 aliphatic carbocycles. The van der Waals surface area contributed by atoms with E-state index in [1.165, 1.54) is 7.11 Å². The Morgan fingerprint density at radius 3 is 2.27 bits per heavy atom. The second-order valence-corrected chi connectivity index (χ2v) is 7.46. The Kier molecular flexibility index (Phi) is 6.08. The molecule has 0 spiro atoms. The third-order valence-electron chi connectivity index (χ3n) is 1.70. The second-order valence-electron chi connectivity index (χ2n) is 4.82. The highest BCUT2D eigenvalue weighted by molar-refractivity contribution is 6.53. The number of carbonyl (C=O) groups excluding carboxylic acids is 1. The van der Waals surface area contributed by atoms with E-state index in [2.05, 4.69) is 18.1 Å². The molecule has 0 heterocycles. The van der Waals surface area contributed by atoms with E-state index in [1.54, 1.807) is 0 Å². The molecule has 1 N–H and O–H groups in total. The lowest BCUT2D eigenvalue weighted by molar-refractivity contribution is -0.145. The summed E-state index contributed by atoms with van der Waals surface area (Å²) >= 11 is 0. The van der Waals surface area contributed by atoms with E-state index >= 15 is 0 Å². The van der Waals surface area contributed by atoms with Crippen molar-refractivity contribution in [3.05, 3.63) is 0 Å². The van der Waals surface area contributed by atoms with Crippen LogP contribution in [0.4, 0.5) is 0 Å². The third kappa shape index (κ3) is 7.53. The van der Waals surface area contributed by atoms with Crippen molar-refractivity contribution in [1.29, 1.82) is 0 Å². The molecule has 90 valence electrons. The second kappa shape index (κ2) is 6.25. The van der Waals surface area contributed by atoms with Gasteiger partial charge in [-0.1, -0.05) is 13.1 Å². The number of esters is 1. The molecular formula is C10H23NO3Si. The maximum absolute atomic E-state index is 11.4. The molecule has 0 unspecified atom stereocenters. The quantitative estimate of drug-likeness (QED) is 0.566. The molecule has 15 heavy (non-hydrogen) atoms. The van der Waals surface area contributed by atoms with Crippen molar-refractivity contribution in [2.24, 2.45) is 0 Å². The number of ether oxygens (including phenoxy) is 2. The molecule has 0 saturated heterocycles. The van der Waals surface area contributed by atoms with Crippen molar-refractivity contribution in [2.45, 2.75) is 45.5 Å². The van der Waals surface area contributed by atoms with Gasteiger partial charge in [-0.05, 0) is 20.8 Å². The van der Waals surface area contributed by atoms with Gasteiger partial charge in [0.25, 0.3) is 0 Å². The summed E-state index contributed by atoms with van der Waals surface area (Å²) in [6.07, 6.45) is 0. The first-order valence-electron chi connectivity index (χ1n) is 5.24. The Morgan fingerprint density at radius 1 is 1.40 bits per heavy atom. The summed E-state index contributed by atoms with van der Waals surface area (Å²) in [5, 5.41) is 0. The molecule has 0 aliphatic rings. The van der Waals surface area contributed by atoms with E-state index in [-0.39, 0.29) is 17.6 Å². The zero-order valence-corrected chi connectivity index (χ0v) is 11.7. The molecule has 0 aromatic carbocycles. The minimum Gasteiger partial charge on any atom is -0.468 e. The van der Waals surface area contributed by atoms with Crippen molar-refractivity contribution >= 4 is 14.9 Å². The first-order valence-corrected chi connectivity index (χ1v) is 8.13. The first-order chi connectivity index (χ1) is 6.76. The van der Waals surface area contributed by atoms with Crippen molar-refractivity contribution in [2.75, 3.05) is 13.7 Å². The van der Waals surface area contributed by atoms with Gasteiger partial charge in [0.1, 0.15) is 15.0 Å². The highest BCUT2D eigenvalue weighted by atomic mass is 28.3. The summed E-state index contributed by atoms with van der Waals surface area (Å²) in [4.78, 5) is 14.7. The van der Waals surface area contributed by atoms with Crippen LogP contribution in [0.25, 0.3) is 0 Å². The molecule has 1 atom stereocenters. The van der Waals surface area contributed by atoms with Gasteiger partial charge in [-0.15, -0.1) is 0 Å².